The number of ether oxygens (including phenoxy) is 2. The molecule has 0 aliphatic heterocycles. The molecule has 4 rings (SSSR count). The molecule has 2 N–H and O–H groups in total. The van der Waals surface area contributed by atoms with Crippen LogP contribution in [-0.2, 0) is 24.4 Å². The Kier molecular flexibility index (Phi) is 8.27. The smallest absolute Gasteiger partial charge is 0.326 e. The Morgan fingerprint density at radius 1 is 0.750 bits per heavy atom. The number of nitrogens with zero attached hydrogens (tertiary/aromatic N) is 1. The first-order valence-corrected chi connectivity index (χ1v) is 11.5. The highest BCUT2D eigenvalue weighted by atomic mass is 16.5. The maximum absolute atomic E-state index is 12.5. The lowest BCUT2D eigenvalue weighted by Crippen LogP contribution is -2.42. The first-order valence-electron chi connectivity index (χ1n) is 11.5. The van der Waals surface area contributed by atoms with Gasteiger partial charge in [-0.05, 0) is 41.0 Å². The molecule has 7 nitrogen and oxygen atoms in total. The summed E-state index contributed by atoms with van der Waals surface area (Å²) in [5.41, 5.74) is 3.03. The van der Waals surface area contributed by atoms with Gasteiger partial charge in [-0.15, -0.1) is 0 Å². The molecule has 0 radical (unpaired) electrons. The van der Waals surface area contributed by atoms with Crippen LogP contribution in [-0.4, -0.2) is 28.0 Å². The monoisotopic (exact) mass is 482 g/mol. The van der Waals surface area contributed by atoms with Crippen LogP contribution in [0.3, 0.4) is 0 Å². The third-order valence-corrected chi connectivity index (χ3v) is 5.47. The Morgan fingerprint density at radius 3 is 1.92 bits per heavy atom. The maximum atomic E-state index is 12.5. The molecule has 7 heteroatoms. The van der Waals surface area contributed by atoms with Crippen LogP contribution in [0.5, 0.6) is 11.5 Å². The average molecular weight is 483 g/mol. The highest BCUT2D eigenvalue weighted by Gasteiger charge is 2.22. The zero-order valence-corrected chi connectivity index (χ0v) is 19.5. The van der Waals surface area contributed by atoms with Gasteiger partial charge in [-0.25, -0.2) is 4.79 Å². The number of aromatic nitrogens is 1. The van der Waals surface area contributed by atoms with Crippen LogP contribution < -0.4 is 14.8 Å². The van der Waals surface area contributed by atoms with E-state index in [1.807, 2.05) is 60.7 Å². The summed E-state index contributed by atoms with van der Waals surface area (Å²) in [5, 5.41) is 12.3. The number of aliphatic carboxylic acids is 1. The van der Waals surface area contributed by atoms with Crippen LogP contribution in [0.1, 0.15) is 27.0 Å². The predicted octanol–water partition coefficient (Wildman–Crippen LogP) is 4.67. The molecule has 1 heterocycles. The number of hydrogen-bond donors (Lipinski definition) is 2. The number of hydrogen-bond acceptors (Lipinski definition) is 5. The summed E-state index contributed by atoms with van der Waals surface area (Å²) in [6, 6.07) is 26.8. The van der Waals surface area contributed by atoms with Gasteiger partial charge in [0, 0.05) is 24.4 Å². The lowest BCUT2D eigenvalue weighted by molar-refractivity contribution is -0.139. The SMILES string of the molecule is O=C(N[C@H](Cc1ccc(OCc2ccccc2)c(OCc2ccccc2)c1)C(=O)O)c1ccncc1. The first-order chi connectivity index (χ1) is 17.6. The fourth-order valence-corrected chi connectivity index (χ4v) is 3.56. The predicted molar refractivity (Wildman–Crippen MR) is 135 cm³/mol. The molecule has 0 unspecified atom stereocenters. The number of rotatable bonds is 11. The molecule has 0 spiro atoms. The van der Waals surface area contributed by atoms with E-state index in [-0.39, 0.29) is 6.42 Å². The molecule has 0 fully saturated rings. The second-order valence-electron chi connectivity index (χ2n) is 8.13. The van der Waals surface area contributed by atoms with Crippen molar-refractivity contribution in [1.29, 1.82) is 0 Å². The quantitative estimate of drug-likeness (QED) is 0.323. The molecule has 1 aromatic heterocycles. The van der Waals surface area contributed by atoms with E-state index in [2.05, 4.69) is 10.3 Å². The lowest BCUT2D eigenvalue weighted by atomic mass is 10.0. The minimum absolute atomic E-state index is 0.0762. The van der Waals surface area contributed by atoms with Crippen LogP contribution in [0.4, 0.5) is 0 Å². The topological polar surface area (TPSA) is 97.8 Å². The number of benzene rings is 3. The minimum atomic E-state index is -1.13. The van der Waals surface area contributed by atoms with Crippen molar-refractivity contribution in [3.63, 3.8) is 0 Å². The van der Waals surface area contributed by atoms with Crippen molar-refractivity contribution in [2.24, 2.45) is 0 Å². The molecule has 0 saturated heterocycles. The van der Waals surface area contributed by atoms with Gasteiger partial charge in [0.1, 0.15) is 19.3 Å². The van der Waals surface area contributed by atoms with Crippen molar-refractivity contribution in [3.8, 4) is 11.5 Å². The number of carboxylic acid groups (broad SMARTS) is 1. The maximum Gasteiger partial charge on any atom is 0.326 e. The fraction of sp³-hybridized carbons (Fsp3) is 0.138. The second-order valence-corrected chi connectivity index (χ2v) is 8.13. The van der Waals surface area contributed by atoms with E-state index in [9.17, 15) is 14.7 Å². The van der Waals surface area contributed by atoms with Crippen LogP contribution in [0.2, 0.25) is 0 Å². The highest BCUT2D eigenvalue weighted by Crippen LogP contribution is 2.30. The fourth-order valence-electron chi connectivity index (χ4n) is 3.56. The molecule has 1 atom stereocenters. The van der Waals surface area contributed by atoms with E-state index in [1.54, 1.807) is 18.2 Å². The molecule has 0 aliphatic carbocycles. The van der Waals surface area contributed by atoms with Gasteiger partial charge in [-0.3, -0.25) is 9.78 Å². The molecule has 0 saturated carbocycles. The third-order valence-electron chi connectivity index (χ3n) is 5.47. The molecule has 3 aromatic carbocycles. The Hall–Kier alpha value is -4.65. The van der Waals surface area contributed by atoms with Gasteiger partial charge in [-0.1, -0.05) is 66.7 Å². The zero-order chi connectivity index (χ0) is 25.2. The molecular weight excluding hydrogens is 456 g/mol. The normalized spacial score (nSPS) is 11.3. The van der Waals surface area contributed by atoms with Crippen molar-refractivity contribution in [2.45, 2.75) is 25.7 Å². The van der Waals surface area contributed by atoms with E-state index in [1.165, 1.54) is 24.5 Å². The van der Waals surface area contributed by atoms with Crippen LogP contribution >= 0.6 is 0 Å². The number of nitrogens with one attached hydrogen (secondary N) is 1. The largest absolute Gasteiger partial charge is 0.485 e. The molecule has 0 bridgehead atoms. The number of carbonyl (C=O) groups is 2. The van der Waals surface area contributed by atoms with Crippen molar-refractivity contribution in [1.82, 2.24) is 10.3 Å². The van der Waals surface area contributed by atoms with Gasteiger partial charge in [0.15, 0.2) is 11.5 Å². The van der Waals surface area contributed by atoms with E-state index in [0.717, 1.165) is 11.1 Å². The van der Waals surface area contributed by atoms with Crippen molar-refractivity contribution < 1.29 is 24.2 Å². The average Bonchev–Trinajstić information content (AvgIpc) is 2.92. The summed E-state index contributed by atoms with van der Waals surface area (Å²) in [6.45, 7) is 0.689. The van der Waals surface area contributed by atoms with E-state index < -0.39 is 17.9 Å². The first kappa shape index (κ1) is 24.5. The minimum Gasteiger partial charge on any atom is -0.485 e. The van der Waals surface area contributed by atoms with Gasteiger partial charge in [0.05, 0.1) is 0 Å². The molecule has 1 amide bonds. The zero-order valence-electron chi connectivity index (χ0n) is 19.5. The van der Waals surface area contributed by atoms with Gasteiger partial charge < -0.3 is 19.9 Å². The molecule has 182 valence electrons. The summed E-state index contributed by atoms with van der Waals surface area (Å²) in [6.07, 6.45) is 3.04. The Bertz CT molecular complexity index is 1280. The van der Waals surface area contributed by atoms with Gasteiger partial charge in [0.25, 0.3) is 5.91 Å². The highest BCUT2D eigenvalue weighted by molar-refractivity contribution is 5.96. The Balaban J connectivity index is 1.51. The number of pyridine rings is 1. The number of carbonyl (C=O) groups excluding carboxylic acids is 1. The van der Waals surface area contributed by atoms with Crippen molar-refractivity contribution in [3.05, 3.63) is 126 Å². The van der Waals surface area contributed by atoms with E-state index >= 15 is 0 Å². The summed E-state index contributed by atoms with van der Waals surface area (Å²) < 4.78 is 12.1. The van der Waals surface area contributed by atoms with Crippen LogP contribution in [0, 0.1) is 0 Å². The number of amides is 1. The Morgan fingerprint density at radius 2 is 1.33 bits per heavy atom. The molecule has 36 heavy (non-hydrogen) atoms. The summed E-state index contributed by atoms with van der Waals surface area (Å²) in [5.74, 6) is -0.565. The van der Waals surface area contributed by atoms with E-state index in [0.29, 0.717) is 35.8 Å². The standard InChI is InChI=1S/C29H26N2O5/c32-28(24-13-15-30-16-14-24)31-25(29(33)34)17-23-11-12-26(35-19-21-7-3-1-4-8-21)27(18-23)36-20-22-9-5-2-6-10-22/h1-16,18,25H,17,19-20H2,(H,31,32)(H,33,34)/t25-/m1/s1. The lowest BCUT2D eigenvalue weighted by Gasteiger charge is -2.17. The Labute approximate surface area is 209 Å². The van der Waals surface area contributed by atoms with Gasteiger partial charge >= 0.3 is 5.97 Å². The summed E-state index contributed by atoms with van der Waals surface area (Å²) in [4.78, 5) is 28.3. The van der Waals surface area contributed by atoms with Crippen molar-refractivity contribution >= 4 is 11.9 Å². The van der Waals surface area contributed by atoms with Gasteiger partial charge in [-0.2, -0.15) is 0 Å². The number of carboxylic acids is 1. The second kappa shape index (κ2) is 12.2. The molecular formula is C29H26N2O5. The van der Waals surface area contributed by atoms with Crippen molar-refractivity contribution in [2.75, 3.05) is 0 Å². The van der Waals surface area contributed by atoms with E-state index in [4.69, 9.17) is 9.47 Å². The van der Waals surface area contributed by atoms with Gasteiger partial charge in [0.2, 0.25) is 0 Å². The summed E-state index contributed by atoms with van der Waals surface area (Å²) >= 11 is 0. The van der Waals surface area contributed by atoms with Crippen LogP contribution in [0.15, 0.2) is 103 Å². The summed E-state index contributed by atoms with van der Waals surface area (Å²) in [7, 11) is 0. The molecule has 0 aliphatic rings. The molecule has 4 aromatic rings. The third kappa shape index (κ3) is 6.93. The van der Waals surface area contributed by atoms with Crippen LogP contribution in [0.25, 0.3) is 0 Å².